The molecule has 0 radical (unpaired) electrons. The van der Waals surface area contributed by atoms with Crippen LogP contribution in [0.3, 0.4) is 0 Å². The Hall–Kier alpha value is -0.471. The van der Waals surface area contributed by atoms with Crippen LogP contribution < -0.4 is 0 Å². The van der Waals surface area contributed by atoms with Gasteiger partial charge in [0.2, 0.25) is 0 Å². The summed E-state index contributed by atoms with van der Waals surface area (Å²) in [5.74, 6) is 0. The molecule has 0 heterocycles. The predicted octanol–water partition coefficient (Wildman–Crippen LogP) is 10.6. The summed E-state index contributed by atoms with van der Waals surface area (Å²) in [5, 5.41) is 0.794. The van der Waals surface area contributed by atoms with Crippen molar-refractivity contribution in [1.29, 1.82) is 0 Å². The second kappa shape index (κ2) is 8.49. The van der Waals surface area contributed by atoms with Gasteiger partial charge in [-0.3, -0.25) is 0 Å². The zero-order valence-corrected chi connectivity index (χ0v) is 16.2. The van der Waals surface area contributed by atoms with Crippen molar-refractivity contribution in [2.24, 2.45) is 0 Å². The van der Waals surface area contributed by atoms with Crippen molar-refractivity contribution in [3.63, 3.8) is 0 Å². The summed E-state index contributed by atoms with van der Waals surface area (Å²) >= 11 is 5.54. The largest absolute Gasteiger partial charge is 2.00 e. The van der Waals surface area contributed by atoms with Gasteiger partial charge < -0.3 is 0 Å². The monoisotopic (exact) mass is 524 g/mol. The van der Waals surface area contributed by atoms with E-state index >= 15 is 0 Å². The molecule has 0 fully saturated rings. The smallest absolute Gasteiger partial charge is 2.00 e. The summed E-state index contributed by atoms with van der Waals surface area (Å²) < 4.78 is 118. The van der Waals surface area contributed by atoms with Crippen molar-refractivity contribution >= 4 is 27.2 Å². The Morgan fingerprint density at radius 2 is 0.852 bits per heavy atom. The van der Waals surface area contributed by atoms with Gasteiger partial charge >= 0.3 is 83.0 Å². The third-order valence-electron chi connectivity index (χ3n) is 1.39. The molecule has 27 heavy (non-hydrogen) atoms. The molecule has 2 rings (SSSR count). The van der Waals surface area contributed by atoms with E-state index in [0.717, 1.165) is 11.4 Å². The quantitative estimate of drug-likeness (QED) is 0.180. The Kier molecular flexibility index (Phi) is 9.82. The maximum Gasteiger partial charge on any atom is 2.00 e. The number of halogens is 13. The molecule has 16 heteroatoms. The second-order valence-electron chi connectivity index (χ2n) is 4.30. The molecule has 0 amide bonds. The number of hydrogen-bond donors (Lipinski definition) is 0. The molecule has 1 aliphatic rings. The maximum absolute atomic E-state index is 10.7. The summed E-state index contributed by atoms with van der Waals surface area (Å²) in [7, 11) is -21.3. The molecule has 1 aromatic rings. The van der Waals surface area contributed by atoms with E-state index < -0.39 is 15.6 Å². The standard InChI is InChI=1S/C6H5Cl.C5H6.2F6P.Fe/c7-6-4-2-1-3-5-6;1-2-4-5-3-1;2*1-7(2,3,4,5)6;/h1-5H;1-4H,5H2;;;/q;;2*-1;+2. The molecule has 0 N–H and O–H groups in total. The van der Waals surface area contributed by atoms with Crippen LogP contribution in [0.2, 0.25) is 5.02 Å². The fourth-order valence-corrected chi connectivity index (χ4v) is 0.953. The third kappa shape index (κ3) is 90.0. The molecular formula is C11H11ClF12FeP2. The van der Waals surface area contributed by atoms with Crippen molar-refractivity contribution in [2.45, 2.75) is 6.42 Å². The SMILES string of the molecule is C1=CCC=C1.Clc1ccccc1.F[P-](F)(F)(F)(F)F.F[P-](F)(F)(F)(F)F.[Fe+2]. The first-order chi connectivity index (χ1) is 10.8. The second-order valence-corrected chi connectivity index (χ2v) is 8.57. The van der Waals surface area contributed by atoms with E-state index in [0.29, 0.717) is 0 Å². The van der Waals surface area contributed by atoms with Crippen LogP contribution in [-0.4, -0.2) is 0 Å². The summed E-state index contributed by atoms with van der Waals surface area (Å²) in [4.78, 5) is 0. The van der Waals surface area contributed by atoms with Crippen molar-refractivity contribution in [3.05, 3.63) is 59.7 Å². The Balaban J connectivity index is -0.000000283. The molecule has 0 nitrogen and oxygen atoms in total. The predicted molar refractivity (Wildman–Crippen MR) is 81.5 cm³/mol. The molecule has 0 atom stereocenters. The topological polar surface area (TPSA) is 0 Å². The first-order valence-electron chi connectivity index (χ1n) is 5.94. The molecule has 0 unspecified atom stereocenters. The van der Waals surface area contributed by atoms with Crippen LogP contribution in [0, 0.1) is 0 Å². The van der Waals surface area contributed by atoms with Crippen molar-refractivity contribution in [1.82, 2.24) is 0 Å². The average Bonchev–Trinajstić information content (AvgIpc) is 2.79. The Labute approximate surface area is 161 Å². The first-order valence-corrected chi connectivity index (χ1v) is 10.4. The van der Waals surface area contributed by atoms with Gasteiger partial charge in [0.15, 0.2) is 0 Å². The Morgan fingerprint density at radius 3 is 0.963 bits per heavy atom. The van der Waals surface area contributed by atoms with Gasteiger partial charge in [0.1, 0.15) is 0 Å². The maximum atomic E-state index is 9.87. The van der Waals surface area contributed by atoms with Gasteiger partial charge in [-0.1, -0.05) is 54.1 Å². The van der Waals surface area contributed by atoms with E-state index in [1.165, 1.54) is 0 Å². The number of allylic oxidation sites excluding steroid dienone is 4. The Bertz CT molecular complexity index is 557. The minimum atomic E-state index is -10.7. The molecule has 0 saturated heterocycles. The fraction of sp³-hybridized carbons (Fsp3) is 0.0909. The molecular weight excluding hydrogens is 513 g/mol. The summed E-state index contributed by atoms with van der Waals surface area (Å²) in [6.07, 6.45) is 9.50. The van der Waals surface area contributed by atoms with Crippen LogP contribution in [0.1, 0.15) is 6.42 Å². The van der Waals surface area contributed by atoms with E-state index in [4.69, 9.17) is 11.6 Å². The number of rotatable bonds is 0. The van der Waals surface area contributed by atoms with Crippen LogP contribution in [-0.2, 0) is 17.1 Å². The van der Waals surface area contributed by atoms with Gasteiger partial charge in [0.25, 0.3) is 0 Å². The van der Waals surface area contributed by atoms with Crippen LogP contribution >= 0.6 is 27.2 Å². The summed E-state index contributed by atoms with van der Waals surface area (Å²) in [6.45, 7) is 0. The summed E-state index contributed by atoms with van der Waals surface area (Å²) in [5.41, 5.74) is 0. The molecule has 1 aliphatic carbocycles. The molecule has 0 bridgehead atoms. The van der Waals surface area contributed by atoms with Crippen LogP contribution in [0.25, 0.3) is 0 Å². The number of hydrogen-bond acceptors (Lipinski definition) is 0. The third-order valence-corrected chi connectivity index (χ3v) is 1.64. The van der Waals surface area contributed by atoms with E-state index in [1.54, 1.807) is 0 Å². The van der Waals surface area contributed by atoms with Gasteiger partial charge in [-0.2, -0.15) is 0 Å². The zero-order chi connectivity index (χ0) is 21.5. The fourth-order valence-electron chi connectivity index (χ4n) is 0.808. The minimum Gasteiger partial charge on any atom is 2.00 e. The van der Waals surface area contributed by atoms with Crippen LogP contribution in [0.5, 0.6) is 0 Å². The number of benzene rings is 1. The minimum absolute atomic E-state index is 0. The average molecular weight is 524 g/mol. The van der Waals surface area contributed by atoms with Gasteiger partial charge in [-0.25, -0.2) is 0 Å². The normalized spacial score (nSPS) is 17.5. The van der Waals surface area contributed by atoms with Gasteiger partial charge in [0.05, 0.1) is 0 Å². The van der Waals surface area contributed by atoms with Crippen LogP contribution in [0.15, 0.2) is 54.6 Å². The molecule has 164 valence electrons. The van der Waals surface area contributed by atoms with Crippen molar-refractivity contribution < 1.29 is 67.4 Å². The van der Waals surface area contributed by atoms with E-state index in [-0.39, 0.29) is 17.1 Å². The van der Waals surface area contributed by atoms with Gasteiger partial charge in [0, 0.05) is 5.02 Å². The van der Waals surface area contributed by atoms with Crippen LogP contribution in [0.4, 0.5) is 50.4 Å². The molecule has 0 aliphatic heterocycles. The van der Waals surface area contributed by atoms with Crippen molar-refractivity contribution in [3.8, 4) is 0 Å². The van der Waals surface area contributed by atoms with E-state index in [9.17, 15) is 50.4 Å². The van der Waals surface area contributed by atoms with E-state index in [2.05, 4.69) is 24.3 Å². The summed E-state index contributed by atoms with van der Waals surface area (Å²) in [6, 6.07) is 9.44. The first kappa shape index (κ1) is 31.2. The van der Waals surface area contributed by atoms with Gasteiger partial charge in [-0.05, 0) is 18.6 Å². The Morgan fingerprint density at radius 1 is 0.593 bits per heavy atom. The van der Waals surface area contributed by atoms with Gasteiger partial charge in [-0.15, -0.1) is 0 Å². The molecule has 1 aromatic carbocycles. The molecule has 0 saturated carbocycles. The zero-order valence-electron chi connectivity index (χ0n) is 12.6. The van der Waals surface area contributed by atoms with E-state index in [1.807, 2.05) is 30.3 Å². The van der Waals surface area contributed by atoms with Crippen molar-refractivity contribution in [2.75, 3.05) is 0 Å². The molecule has 0 spiro atoms. The molecule has 0 aromatic heterocycles.